The van der Waals surface area contributed by atoms with E-state index in [9.17, 15) is 12.8 Å². The normalized spacial score (nSPS) is 16.5. The second-order valence-electron chi connectivity index (χ2n) is 5.38. The van der Waals surface area contributed by atoms with E-state index in [0.717, 1.165) is 23.6 Å². The Balaban J connectivity index is 1.70. The van der Waals surface area contributed by atoms with Gasteiger partial charge in [-0.15, -0.1) is 5.10 Å². The van der Waals surface area contributed by atoms with Crippen molar-refractivity contribution >= 4 is 15.8 Å². The molecule has 0 N–H and O–H groups in total. The van der Waals surface area contributed by atoms with E-state index >= 15 is 0 Å². The minimum atomic E-state index is -3.59. The monoisotopic (exact) mass is 336 g/mol. The van der Waals surface area contributed by atoms with Crippen molar-refractivity contribution in [3.05, 3.63) is 47.9 Å². The lowest BCUT2D eigenvalue weighted by atomic mass is 10.3. The predicted octanol–water partition coefficient (Wildman–Crippen LogP) is 1.44. The summed E-state index contributed by atoms with van der Waals surface area (Å²) in [6.07, 6.45) is 0. The predicted molar refractivity (Wildman–Crippen MR) is 84.1 cm³/mol. The van der Waals surface area contributed by atoms with Crippen molar-refractivity contribution in [2.24, 2.45) is 0 Å². The first-order chi connectivity index (χ1) is 11.0. The van der Waals surface area contributed by atoms with Gasteiger partial charge in [-0.2, -0.15) is 9.40 Å². The molecule has 122 valence electrons. The minimum absolute atomic E-state index is 0.113. The number of piperazine rings is 1. The van der Waals surface area contributed by atoms with Crippen LogP contribution in [0.2, 0.25) is 0 Å². The number of aromatic nitrogens is 2. The van der Waals surface area contributed by atoms with Crippen LogP contribution < -0.4 is 4.90 Å². The van der Waals surface area contributed by atoms with Crippen LogP contribution in [0.15, 0.2) is 41.3 Å². The number of hydrogen-bond donors (Lipinski definition) is 0. The Morgan fingerprint density at radius 2 is 1.61 bits per heavy atom. The van der Waals surface area contributed by atoms with Gasteiger partial charge >= 0.3 is 0 Å². The van der Waals surface area contributed by atoms with Crippen LogP contribution in [0.4, 0.5) is 10.2 Å². The molecule has 0 saturated carbocycles. The molecule has 2 aromatic rings. The van der Waals surface area contributed by atoms with Crippen molar-refractivity contribution < 1.29 is 12.8 Å². The van der Waals surface area contributed by atoms with Crippen molar-refractivity contribution in [1.29, 1.82) is 0 Å². The smallest absolute Gasteiger partial charge is 0.243 e. The van der Waals surface area contributed by atoms with Crippen molar-refractivity contribution in [3.8, 4) is 0 Å². The van der Waals surface area contributed by atoms with Crippen LogP contribution in [0.3, 0.4) is 0 Å². The highest BCUT2D eigenvalue weighted by Crippen LogP contribution is 2.20. The number of anilines is 1. The Kier molecular flexibility index (Phi) is 4.27. The molecule has 1 saturated heterocycles. The number of halogens is 1. The number of hydrogen-bond acceptors (Lipinski definition) is 5. The maximum Gasteiger partial charge on any atom is 0.243 e. The molecule has 0 atom stereocenters. The van der Waals surface area contributed by atoms with Crippen LogP contribution in [-0.4, -0.2) is 49.1 Å². The van der Waals surface area contributed by atoms with E-state index in [1.54, 1.807) is 0 Å². The Bertz CT molecular complexity index is 770. The van der Waals surface area contributed by atoms with Crippen molar-refractivity contribution in [2.75, 3.05) is 31.1 Å². The second-order valence-corrected chi connectivity index (χ2v) is 7.32. The highest BCUT2D eigenvalue weighted by Gasteiger charge is 2.28. The SMILES string of the molecule is Cc1ccc(N2CCN(S(=O)(=O)c3ccc(F)cc3)CC2)nn1. The molecular formula is C15H17FN4O2S. The molecule has 8 heteroatoms. The van der Waals surface area contributed by atoms with Crippen LogP contribution in [0.25, 0.3) is 0 Å². The molecule has 0 radical (unpaired) electrons. The molecule has 0 bridgehead atoms. The maximum absolute atomic E-state index is 13.0. The summed E-state index contributed by atoms with van der Waals surface area (Å²) in [6, 6.07) is 8.66. The third-order valence-corrected chi connectivity index (χ3v) is 5.71. The zero-order chi connectivity index (χ0) is 16.4. The van der Waals surface area contributed by atoms with Gasteiger partial charge in [0, 0.05) is 26.2 Å². The summed E-state index contributed by atoms with van der Waals surface area (Å²) < 4.78 is 39.5. The minimum Gasteiger partial charge on any atom is -0.352 e. The third-order valence-electron chi connectivity index (χ3n) is 3.80. The van der Waals surface area contributed by atoms with Crippen LogP contribution in [0.5, 0.6) is 0 Å². The molecule has 0 unspecified atom stereocenters. The molecule has 6 nitrogen and oxygen atoms in total. The topological polar surface area (TPSA) is 66.4 Å². The Morgan fingerprint density at radius 1 is 0.957 bits per heavy atom. The lowest BCUT2D eigenvalue weighted by Crippen LogP contribution is -2.49. The summed E-state index contributed by atoms with van der Waals surface area (Å²) in [7, 11) is -3.59. The largest absolute Gasteiger partial charge is 0.352 e. The molecule has 0 spiro atoms. The Morgan fingerprint density at radius 3 is 2.17 bits per heavy atom. The number of nitrogens with zero attached hydrogens (tertiary/aromatic N) is 4. The van der Waals surface area contributed by atoms with Gasteiger partial charge in [-0.25, -0.2) is 12.8 Å². The average Bonchev–Trinajstić information content (AvgIpc) is 2.56. The fraction of sp³-hybridized carbons (Fsp3) is 0.333. The lowest BCUT2D eigenvalue weighted by molar-refractivity contribution is 0.383. The summed E-state index contributed by atoms with van der Waals surface area (Å²) in [5.41, 5.74) is 0.839. The summed E-state index contributed by atoms with van der Waals surface area (Å²) in [5.74, 6) is 0.293. The van der Waals surface area contributed by atoms with Gasteiger partial charge in [0.2, 0.25) is 10.0 Å². The Hall–Kier alpha value is -2.06. The number of sulfonamides is 1. The van der Waals surface area contributed by atoms with Crippen LogP contribution in [-0.2, 0) is 10.0 Å². The molecule has 1 aliphatic rings. The van der Waals surface area contributed by atoms with E-state index in [2.05, 4.69) is 10.2 Å². The van der Waals surface area contributed by atoms with Gasteiger partial charge in [-0.05, 0) is 43.3 Å². The van der Waals surface area contributed by atoms with Gasteiger partial charge in [0.1, 0.15) is 5.82 Å². The highest BCUT2D eigenvalue weighted by molar-refractivity contribution is 7.89. The Labute approximate surface area is 134 Å². The quantitative estimate of drug-likeness (QED) is 0.848. The molecule has 3 rings (SSSR count). The molecule has 1 aromatic carbocycles. The summed E-state index contributed by atoms with van der Waals surface area (Å²) in [4.78, 5) is 2.12. The van der Waals surface area contributed by atoms with Crippen LogP contribution in [0, 0.1) is 12.7 Å². The van der Waals surface area contributed by atoms with E-state index in [0.29, 0.717) is 26.2 Å². The van der Waals surface area contributed by atoms with Gasteiger partial charge < -0.3 is 4.90 Å². The molecule has 0 amide bonds. The lowest BCUT2D eigenvalue weighted by Gasteiger charge is -2.34. The standard InChI is InChI=1S/C15H17FN4O2S/c1-12-2-7-15(18-17-12)19-8-10-20(11-9-19)23(21,22)14-5-3-13(16)4-6-14/h2-7H,8-11H2,1H3. The van der Waals surface area contributed by atoms with Crippen LogP contribution >= 0.6 is 0 Å². The van der Waals surface area contributed by atoms with Gasteiger partial charge in [0.15, 0.2) is 5.82 Å². The zero-order valence-electron chi connectivity index (χ0n) is 12.7. The number of benzene rings is 1. The molecule has 0 aliphatic carbocycles. The van der Waals surface area contributed by atoms with E-state index in [1.165, 1.54) is 16.4 Å². The van der Waals surface area contributed by atoms with Gasteiger partial charge in [0.05, 0.1) is 10.6 Å². The van der Waals surface area contributed by atoms with Crippen molar-refractivity contribution in [3.63, 3.8) is 0 Å². The van der Waals surface area contributed by atoms with E-state index in [4.69, 9.17) is 0 Å². The summed E-state index contributed by atoms with van der Waals surface area (Å²) >= 11 is 0. The molecule has 23 heavy (non-hydrogen) atoms. The second kappa shape index (κ2) is 6.21. The zero-order valence-corrected chi connectivity index (χ0v) is 13.5. The highest BCUT2D eigenvalue weighted by atomic mass is 32.2. The fourth-order valence-electron chi connectivity index (χ4n) is 2.47. The van der Waals surface area contributed by atoms with Gasteiger partial charge in [-0.3, -0.25) is 0 Å². The average molecular weight is 336 g/mol. The summed E-state index contributed by atoms with van der Waals surface area (Å²) in [6.45, 7) is 3.66. The number of rotatable bonds is 3. The first kappa shape index (κ1) is 15.8. The molecule has 1 aromatic heterocycles. The van der Waals surface area contributed by atoms with Crippen molar-refractivity contribution in [1.82, 2.24) is 14.5 Å². The number of aryl methyl sites for hydroxylation is 1. The van der Waals surface area contributed by atoms with E-state index in [1.807, 2.05) is 24.0 Å². The first-order valence-corrected chi connectivity index (χ1v) is 8.72. The molecular weight excluding hydrogens is 319 g/mol. The molecule has 1 aliphatic heterocycles. The van der Waals surface area contributed by atoms with Crippen molar-refractivity contribution in [2.45, 2.75) is 11.8 Å². The molecule has 2 heterocycles. The summed E-state index contributed by atoms with van der Waals surface area (Å²) in [5, 5.41) is 8.14. The first-order valence-electron chi connectivity index (χ1n) is 7.28. The van der Waals surface area contributed by atoms with Gasteiger partial charge in [-0.1, -0.05) is 0 Å². The fourth-order valence-corrected chi connectivity index (χ4v) is 3.90. The van der Waals surface area contributed by atoms with Gasteiger partial charge in [0.25, 0.3) is 0 Å². The molecule has 1 fully saturated rings. The third kappa shape index (κ3) is 3.32. The van der Waals surface area contributed by atoms with Crippen LogP contribution in [0.1, 0.15) is 5.69 Å². The van der Waals surface area contributed by atoms with E-state index in [-0.39, 0.29) is 4.90 Å². The van der Waals surface area contributed by atoms with E-state index < -0.39 is 15.8 Å². The maximum atomic E-state index is 13.0.